The number of carbonyl (C=O) groups is 2. The van der Waals surface area contributed by atoms with E-state index in [0.717, 1.165) is 49.5 Å². The molecule has 0 N–H and O–H groups in total. The van der Waals surface area contributed by atoms with Gasteiger partial charge in [0.05, 0.1) is 23.0 Å². The molecule has 0 fully saturated rings. The average molecular weight is 693 g/mol. The highest BCUT2D eigenvalue weighted by atomic mass is 79.9. The van der Waals surface area contributed by atoms with Crippen molar-refractivity contribution >= 4 is 39.0 Å². The van der Waals surface area contributed by atoms with E-state index in [-0.39, 0.29) is 11.8 Å². The van der Waals surface area contributed by atoms with Gasteiger partial charge in [-0.25, -0.2) is 19.0 Å². The molecule has 12 heteroatoms. The molecule has 238 valence electrons. The molecule has 4 aromatic heterocycles. The monoisotopic (exact) mass is 691 g/mol. The molecular weight excluding hydrogens is 658 g/mol. The first-order valence-corrected chi connectivity index (χ1v) is 15.5. The highest BCUT2D eigenvalue weighted by Crippen LogP contribution is 2.27. The number of hydrogen-bond donors (Lipinski definition) is 0. The van der Waals surface area contributed by atoms with Crippen LogP contribution < -0.4 is 0 Å². The molecular formula is C35H34BrN9O2. The molecule has 0 radical (unpaired) electrons. The van der Waals surface area contributed by atoms with Crippen LogP contribution in [-0.4, -0.2) is 79.0 Å². The number of benzene rings is 2. The molecule has 0 spiro atoms. The highest BCUT2D eigenvalue weighted by Gasteiger charge is 2.17. The Labute approximate surface area is 281 Å². The van der Waals surface area contributed by atoms with E-state index in [2.05, 4.69) is 48.2 Å². The summed E-state index contributed by atoms with van der Waals surface area (Å²) >= 11 is 3.47. The predicted octanol–water partition coefficient (Wildman–Crippen LogP) is 6.06. The molecule has 0 unspecified atom stereocenters. The number of aromatic nitrogens is 6. The third-order valence-corrected chi connectivity index (χ3v) is 8.05. The molecule has 6 rings (SSSR count). The summed E-state index contributed by atoms with van der Waals surface area (Å²) in [5, 5.41) is 18.2. The Balaban J connectivity index is 0.000000185. The van der Waals surface area contributed by atoms with Gasteiger partial charge in [-0.1, -0.05) is 28.1 Å². The molecule has 0 aliphatic heterocycles. The summed E-state index contributed by atoms with van der Waals surface area (Å²) in [7, 11) is 6.84. The van der Waals surface area contributed by atoms with Crippen molar-refractivity contribution in [2.45, 2.75) is 27.7 Å². The van der Waals surface area contributed by atoms with Crippen LogP contribution in [0.4, 0.5) is 0 Å². The summed E-state index contributed by atoms with van der Waals surface area (Å²) in [4.78, 5) is 36.2. The fourth-order valence-corrected chi connectivity index (χ4v) is 5.60. The zero-order valence-electron chi connectivity index (χ0n) is 27.5. The summed E-state index contributed by atoms with van der Waals surface area (Å²) in [6, 6.07) is 21.0. The zero-order chi connectivity index (χ0) is 34.2. The fourth-order valence-electron chi connectivity index (χ4n) is 5.13. The van der Waals surface area contributed by atoms with Gasteiger partial charge in [-0.3, -0.25) is 9.59 Å². The Kier molecular flexibility index (Phi) is 9.21. The normalized spacial score (nSPS) is 10.8. The van der Waals surface area contributed by atoms with Crippen molar-refractivity contribution in [3.05, 3.63) is 105 Å². The van der Waals surface area contributed by atoms with E-state index in [4.69, 9.17) is 5.26 Å². The minimum absolute atomic E-state index is 0.113. The van der Waals surface area contributed by atoms with Crippen LogP contribution in [0.3, 0.4) is 0 Å². The van der Waals surface area contributed by atoms with Crippen molar-refractivity contribution < 1.29 is 9.59 Å². The third-order valence-electron chi connectivity index (χ3n) is 7.56. The van der Waals surface area contributed by atoms with E-state index >= 15 is 0 Å². The minimum atomic E-state index is -0.141. The van der Waals surface area contributed by atoms with Crippen LogP contribution in [0.15, 0.2) is 65.1 Å². The number of halogens is 1. The quantitative estimate of drug-likeness (QED) is 0.220. The summed E-state index contributed by atoms with van der Waals surface area (Å²) in [6.07, 6.45) is 0. The summed E-state index contributed by atoms with van der Waals surface area (Å²) in [5.74, 6) is -0.254. The van der Waals surface area contributed by atoms with Gasteiger partial charge in [0.15, 0.2) is 11.3 Å². The van der Waals surface area contributed by atoms with Crippen LogP contribution in [0.2, 0.25) is 0 Å². The molecule has 0 aliphatic rings. The van der Waals surface area contributed by atoms with Crippen LogP contribution in [0.5, 0.6) is 0 Å². The van der Waals surface area contributed by atoms with E-state index in [1.54, 1.807) is 55.4 Å². The molecule has 2 aromatic carbocycles. The molecule has 0 atom stereocenters. The number of rotatable bonds is 4. The largest absolute Gasteiger partial charge is 0.343 e. The third kappa shape index (κ3) is 6.76. The Morgan fingerprint density at radius 2 is 1.13 bits per heavy atom. The molecule has 6 aromatic rings. The standard InChI is InChI=1S/C18H17N5O.C17H17BrN4O/c1-11-7-13(10-19)5-6-14(11)15-9-17-20-16(18(24)22(3)4)8-12(2)23(17)21-15;1-10-7-12(18)5-6-13(10)14-9-16-19-15(17(23)21(3)4)8-11(2)22(16)20-14/h5-9H,1-4H3;5-9H,1-4H3. The number of hydrogen-bond acceptors (Lipinski definition) is 7. The summed E-state index contributed by atoms with van der Waals surface area (Å²) in [6.45, 7) is 7.81. The Morgan fingerprint density at radius 3 is 1.53 bits per heavy atom. The number of aryl methyl sites for hydroxylation is 4. The number of nitrogens with zero attached hydrogens (tertiary/aromatic N) is 9. The van der Waals surface area contributed by atoms with Gasteiger partial charge in [0.2, 0.25) is 0 Å². The second kappa shape index (κ2) is 13.1. The number of nitriles is 1. The van der Waals surface area contributed by atoms with Crippen molar-refractivity contribution in [1.29, 1.82) is 5.26 Å². The zero-order valence-corrected chi connectivity index (χ0v) is 29.1. The number of fused-ring (bicyclic) bond motifs is 2. The van der Waals surface area contributed by atoms with Crippen molar-refractivity contribution in [3.63, 3.8) is 0 Å². The Hall–Kier alpha value is -5.41. The van der Waals surface area contributed by atoms with E-state index in [1.807, 2.05) is 64.1 Å². The SMILES string of the molecule is Cc1cc(Br)ccc1-c1cc2nc(C(=O)N(C)C)cc(C)n2n1.Cc1cc(C#N)ccc1-c1cc2nc(C(=O)N(C)C)cc(C)n2n1. The molecule has 0 saturated carbocycles. The van der Waals surface area contributed by atoms with Gasteiger partial charge in [0.1, 0.15) is 11.4 Å². The van der Waals surface area contributed by atoms with E-state index < -0.39 is 0 Å². The van der Waals surface area contributed by atoms with E-state index in [9.17, 15) is 9.59 Å². The van der Waals surface area contributed by atoms with Crippen molar-refractivity contribution in [2.24, 2.45) is 0 Å². The van der Waals surface area contributed by atoms with Gasteiger partial charge in [-0.2, -0.15) is 15.5 Å². The lowest BCUT2D eigenvalue weighted by molar-refractivity contribution is 0.0815. The second-order valence-electron chi connectivity index (χ2n) is 11.7. The van der Waals surface area contributed by atoms with Crippen LogP contribution >= 0.6 is 15.9 Å². The van der Waals surface area contributed by atoms with Gasteiger partial charge in [0, 0.05) is 67.3 Å². The molecule has 0 aliphatic carbocycles. The maximum atomic E-state index is 12.1. The predicted molar refractivity (Wildman–Crippen MR) is 184 cm³/mol. The molecule has 0 saturated heterocycles. The Bertz CT molecular complexity index is 2220. The lowest BCUT2D eigenvalue weighted by atomic mass is 10.0. The van der Waals surface area contributed by atoms with E-state index in [1.165, 1.54) is 9.80 Å². The first-order chi connectivity index (χ1) is 22.3. The minimum Gasteiger partial charge on any atom is -0.343 e. The molecule has 11 nitrogen and oxygen atoms in total. The van der Waals surface area contributed by atoms with Gasteiger partial charge in [-0.15, -0.1) is 0 Å². The first kappa shape index (κ1) is 33.0. The Morgan fingerprint density at radius 1 is 0.681 bits per heavy atom. The van der Waals surface area contributed by atoms with E-state index in [0.29, 0.717) is 28.2 Å². The van der Waals surface area contributed by atoms with Gasteiger partial charge in [-0.05, 0) is 75.2 Å². The lowest BCUT2D eigenvalue weighted by Gasteiger charge is -2.10. The number of carbonyl (C=O) groups excluding carboxylic acids is 2. The van der Waals surface area contributed by atoms with Crippen molar-refractivity contribution in [2.75, 3.05) is 28.2 Å². The fraction of sp³-hybridized carbons (Fsp3) is 0.229. The molecule has 47 heavy (non-hydrogen) atoms. The highest BCUT2D eigenvalue weighted by molar-refractivity contribution is 9.10. The maximum absolute atomic E-state index is 12.1. The van der Waals surface area contributed by atoms with Crippen molar-refractivity contribution in [3.8, 4) is 28.6 Å². The van der Waals surface area contributed by atoms with Crippen LogP contribution in [0, 0.1) is 39.0 Å². The molecule has 0 bridgehead atoms. The lowest BCUT2D eigenvalue weighted by Crippen LogP contribution is -2.23. The maximum Gasteiger partial charge on any atom is 0.272 e. The second-order valence-corrected chi connectivity index (χ2v) is 12.6. The van der Waals surface area contributed by atoms with Crippen LogP contribution in [-0.2, 0) is 0 Å². The molecule has 2 amide bonds. The summed E-state index contributed by atoms with van der Waals surface area (Å²) in [5.41, 5.74) is 10.2. The summed E-state index contributed by atoms with van der Waals surface area (Å²) < 4.78 is 4.53. The topological polar surface area (TPSA) is 125 Å². The average Bonchev–Trinajstić information content (AvgIpc) is 3.65. The molecule has 4 heterocycles. The first-order valence-electron chi connectivity index (χ1n) is 14.7. The van der Waals surface area contributed by atoms with Crippen molar-refractivity contribution in [1.82, 2.24) is 39.0 Å². The smallest absolute Gasteiger partial charge is 0.272 e. The number of amides is 2. The van der Waals surface area contributed by atoms with Gasteiger partial charge in [0.25, 0.3) is 11.8 Å². The van der Waals surface area contributed by atoms with Crippen LogP contribution in [0.1, 0.15) is 49.1 Å². The van der Waals surface area contributed by atoms with Gasteiger partial charge < -0.3 is 9.80 Å². The van der Waals surface area contributed by atoms with Crippen LogP contribution in [0.25, 0.3) is 33.8 Å². The van der Waals surface area contributed by atoms with Gasteiger partial charge >= 0.3 is 0 Å².